The van der Waals surface area contributed by atoms with E-state index in [1.54, 1.807) is 6.92 Å². The molecule has 29 heavy (non-hydrogen) atoms. The van der Waals surface area contributed by atoms with Crippen LogP contribution in [-0.4, -0.2) is 42.4 Å². The number of hydrogen-bond acceptors (Lipinski definition) is 6. The van der Waals surface area contributed by atoms with Gasteiger partial charge in [-0.15, -0.1) is 0 Å². The van der Waals surface area contributed by atoms with Gasteiger partial charge in [-0.05, 0) is 25.1 Å². The van der Waals surface area contributed by atoms with Crippen LogP contribution in [0.5, 0.6) is 5.88 Å². The average Bonchev–Trinajstić information content (AvgIpc) is 2.65. The SMILES string of the molecule is CCN(c1cccc(C(=O)OC)c1)c1ncc(C(F)(F)F)c(OCC(F)(F)F)n1. The number of nitrogens with zero attached hydrogens (tertiary/aromatic N) is 3. The summed E-state index contributed by atoms with van der Waals surface area (Å²) in [6.07, 6.45) is -9.52. The van der Waals surface area contributed by atoms with Crippen LogP contribution in [0.4, 0.5) is 38.0 Å². The Morgan fingerprint density at radius 1 is 1.17 bits per heavy atom. The van der Waals surface area contributed by atoms with Gasteiger partial charge in [-0.2, -0.15) is 31.3 Å². The standard InChI is InChI=1S/C17H15F6N3O3/c1-3-26(11-6-4-5-10(7-11)14(27)28-2)15-24-8-12(17(21,22)23)13(25-15)29-9-16(18,19)20/h4-8H,3,9H2,1-2H3. The molecule has 0 bridgehead atoms. The smallest absolute Gasteiger partial charge is 0.423 e. The third-order valence-electron chi connectivity index (χ3n) is 3.56. The number of esters is 1. The summed E-state index contributed by atoms with van der Waals surface area (Å²) in [5, 5.41) is 0. The molecular formula is C17H15F6N3O3. The molecule has 2 rings (SSSR count). The fourth-order valence-corrected chi connectivity index (χ4v) is 2.30. The zero-order chi connectivity index (χ0) is 21.8. The lowest BCUT2D eigenvalue weighted by atomic mass is 10.2. The Morgan fingerprint density at radius 3 is 2.41 bits per heavy atom. The quantitative estimate of drug-likeness (QED) is 0.508. The van der Waals surface area contributed by atoms with Gasteiger partial charge in [0.25, 0.3) is 0 Å². The summed E-state index contributed by atoms with van der Waals surface area (Å²) in [6.45, 7) is -0.201. The van der Waals surface area contributed by atoms with Crippen LogP contribution in [0.3, 0.4) is 0 Å². The number of methoxy groups -OCH3 is 1. The summed E-state index contributed by atoms with van der Waals surface area (Å²) in [5.74, 6) is -2.23. The Kier molecular flexibility index (Phi) is 6.55. The molecule has 0 N–H and O–H groups in total. The molecule has 12 heteroatoms. The molecule has 0 unspecified atom stereocenters. The summed E-state index contributed by atoms with van der Waals surface area (Å²) in [4.78, 5) is 20.1. The maximum absolute atomic E-state index is 13.1. The number of benzene rings is 1. The fraction of sp³-hybridized carbons (Fsp3) is 0.353. The van der Waals surface area contributed by atoms with Crippen molar-refractivity contribution in [3.8, 4) is 5.88 Å². The number of carbonyl (C=O) groups excluding carboxylic acids is 1. The van der Waals surface area contributed by atoms with E-state index in [2.05, 4.69) is 19.4 Å². The van der Waals surface area contributed by atoms with Crippen LogP contribution in [-0.2, 0) is 10.9 Å². The number of halogens is 6. The van der Waals surface area contributed by atoms with Gasteiger partial charge in [0.15, 0.2) is 6.61 Å². The number of ether oxygens (including phenoxy) is 2. The maximum Gasteiger partial charge on any atom is 0.423 e. The highest BCUT2D eigenvalue weighted by atomic mass is 19.4. The van der Waals surface area contributed by atoms with Crippen molar-refractivity contribution >= 4 is 17.6 Å². The molecule has 0 spiro atoms. The fourth-order valence-electron chi connectivity index (χ4n) is 2.30. The van der Waals surface area contributed by atoms with Gasteiger partial charge in [0.05, 0.1) is 12.7 Å². The molecule has 2 aromatic rings. The molecule has 0 fully saturated rings. The lowest BCUT2D eigenvalue weighted by Gasteiger charge is -2.23. The first-order valence-electron chi connectivity index (χ1n) is 8.06. The zero-order valence-corrected chi connectivity index (χ0v) is 15.1. The van der Waals surface area contributed by atoms with Gasteiger partial charge in [-0.1, -0.05) is 6.07 Å². The Morgan fingerprint density at radius 2 is 1.86 bits per heavy atom. The Labute approximate surface area is 161 Å². The normalized spacial score (nSPS) is 11.9. The van der Waals surface area contributed by atoms with E-state index in [1.807, 2.05) is 0 Å². The number of hydrogen-bond donors (Lipinski definition) is 0. The molecule has 0 saturated heterocycles. The largest absolute Gasteiger partial charge is 0.467 e. The van der Waals surface area contributed by atoms with Gasteiger partial charge in [-0.25, -0.2) is 9.78 Å². The van der Waals surface area contributed by atoms with E-state index < -0.39 is 36.4 Å². The molecule has 0 atom stereocenters. The van der Waals surface area contributed by atoms with Crippen molar-refractivity contribution in [2.45, 2.75) is 19.3 Å². The zero-order valence-electron chi connectivity index (χ0n) is 15.1. The minimum Gasteiger partial charge on any atom is -0.467 e. The van der Waals surface area contributed by atoms with E-state index in [-0.39, 0.29) is 18.1 Å². The van der Waals surface area contributed by atoms with Crippen molar-refractivity contribution in [2.75, 3.05) is 25.2 Å². The molecular weight excluding hydrogens is 408 g/mol. The minimum atomic E-state index is -5.01. The van der Waals surface area contributed by atoms with Crippen molar-refractivity contribution in [3.63, 3.8) is 0 Å². The Bertz CT molecular complexity index is 870. The Hall–Kier alpha value is -3.05. The lowest BCUT2D eigenvalue weighted by Crippen LogP contribution is -2.24. The van der Waals surface area contributed by atoms with E-state index in [0.29, 0.717) is 11.9 Å². The third-order valence-corrected chi connectivity index (χ3v) is 3.56. The topological polar surface area (TPSA) is 64.6 Å². The van der Waals surface area contributed by atoms with Crippen LogP contribution in [0.15, 0.2) is 30.5 Å². The predicted octanol–water partition coefficient (Wildman–Crippen LogP) is 4.38. The second kappa shape index (κ2) is 8.53. The van der Waals surface area contributed by atoms with Crippen molar-refractivity contribution in [3.05, 3.63) is 41.6 Å². The number of aromatic nitrogens is 2. The molecule has 0 aliphatic carbocycles. The first kappa shape index (κ1) is 22.2. The van der Waals surface area contributed by atoms with Gasteiger partial charge in [0.2, 0.25) is 11.8 Å². The molecule has 1 heterocycles. The van der Waals surface area contributed by atoms with Gasteiger partial charge < -0.3 is 14.4 Å². The van der Waals surface area contributed by atoms with E-state index in [4.69, 9.17) is 0 Å². The monoisotopic (exact) mass is 423 g/mol. The highest BCUT2D eigenvalue weighted by molar-refractivity contribution is 5.90. The van der Waals surface area contributed by atoms with E-state index >= 15 is 0 Å². The maximum atomic E-state index is 13.1. The molecule has 0 radical (unpaired) electrons. The number of rotatable bonds is 6. The Balaban J connectivity index is 2.47. The molecule has 1 aromatic heterocycles. The van der Waals surface area contributed by atoms with Crippen molar-refractivity contribution in [1.29, 1.82) is 0 Å². The summed E-state index contributed by atoms with van der Waals surface area (Å²) < 4.78 is 85.4. The van der Waals surface area contributed by atoms with Crippen LogP contribution < -0.4 is 9.64 Å². The van der Waals surface area contributed by atoms with Crippen molar-refractivity contribution < 1.29 is 40.6 Å². The predicted molar refractivity (Wildman–Crippen MR) is 89.0 cm³/mol. The lowest BCUT2D eigenvalue weighted by molar-refractivity contribution is -0.159. The van der Waals surface area contributed by atoms with Crippen LogP contribution in [0.2, 0.25) is 0 Å². The second-order valence-corrected chi connectivity index (χ2v) is 5.58. The highest BCUT2D eigenvalue weighted by Gasteiger charge is 2.38. The molecule has 0 aliphatic rings. The van der Waals surface area contributed by atoms with Gasteiger partial charge in [-0.3, -0.25) is 0 Å². The first-order chi connectivity index (χ1) is 13.5. The van der Waals surface area contributed by atoms with E-state index in [9.17, 15) is 31.1 Å². The van der Waals surface area contributed by atoms with Crippen LogP contribution in [0, 0.1) is 0 Å². The summed E-state index contributed by atoms with van der Waals surface area (Å²) in [6, 6.07) is 5.85. The van der Waals surface area contributed by atoms with Crippen LogP contribution in [0.25, 0.3) is 0 Å². The summed E-state index contributed by atoms with van der Waals surface area (Å²) in [5.41, 5.74) is -1.06. The second-order valence-electron chi connectivity index (χ2n) is 5.58. The van der Waals surface area contributed by atoms with Gasteiger partial charge >= 0.3 is 18.3 Å². The number of carbonyl (C=O) groups is 1. The number of anilines is 2. The molecule has 0 saturated carbocycles. The minimum absolute atomic E-state index is 0.134. The summed E-state index contributed by atoms with van der Waals surface area (Å²) >= 11 is 0. The van der Waals surface area contributed by atoms with Gasteiger partial charge in [0.1, 0.15) is 5.56 Å². The molecule has 6 nitrogen and oxygen atoms in total. The first-order valence-corrected chi connectivity index (χ1v) is 8.06. The molecule has 158 valence electrons. The molecule has 0 amide bonds. The van der Waals surface area contributed by atoms with E-state index in [0.717, 1.165) is 0 Å². The molecule has 0 aliphatic heterocycles. The van der Waals surface area contributed by atoms with Crippen molar-refractivity contribution in [1.82, 2.24) is 9.97 Å². The highest BCUT2D eigenvalue weighted by Crippen LogP contribution is 2.37. The average molecular weight is 423 g/mol. The third kappa shape index (κ3) is 5.72. The van der Waals surface area contributed by atoms with Crippen LogP contribution in [0.1, 0.15) is 22.8 Å². The number of alkyl halides is 6. The van der Waals surface area contributed by atoms with Gasteiger partial charge in [0, 0.05) is 18.4 Å². The van der Waals surface area contributed by atoms with Crippen molar-refractivity contribution in [2.24, 2.45) is 0 Å². The molecule has 1 aromatic carbocycles. The van der Waals surface area contributed by atoms with Crippen LogP contribution >= 0.6 is 0 Å². The van der Waals surface area contributed by atoms with E-state index in [1.165, 1.54) is 36.3 Å². The summed E-state index contributed by atoms with van der Waals surface area (Å²) in [7, 11) is 1.18.